The Balaban J connectivity index is 2.58. The van der Waals surface area contributed by atoms with Crippen molar-refractivity contribution < 1.29 is 9.50 Å². The monoisotopic (exact) mass is 216 g/mol. The summed E-state index contributed by atoms with van der Waals surface area (Å²) in [6.07, 6.45) is 1.73. The first-order chi connectivity index (χ1) is 6.61. The zero-order valence-corrected chi connectivity index (χ0v) is 8.89. The van der Waals surface area contributed by atoms with Gasteiger partial charge in [-0.15, -0.1) is 0 Å². The van der Waals surface area contributed by atoms with Crippen LogP contribution < -0.4 is 0 Å². The third-order valence-electron chi connectivity index (χ3n) is 2.16. The number of aliphatic hydroxyl groups excluding tert-OH is 1. The van der Waals surface area contributed by atoms with E-state index < -0.39 is 0 Å². The van der Waals surface area contributed by atoms with Crippen LogP contribution in [0.2, 0.25) is 5.02 Å². The van der Waals surface area contributed by atoms with E-state index in [1.165, 1.54) is 12.1 Å². The average Bonchev–Trinajstić information content (AvgIpc) is 2.12. The molecule has 0 aliphatic carbocycles. The van der Waals surface area contributed by atoms with Crippen LogP contribution in [-0.2, 0) is 6.42 Å². The summed E-state index contributed by atoms with van der Waals surface area (Å²) < 4.78 is 12.9. The molecule has 0 fully saturated rings. The second-order valence-corrected chi connectivity index (χ2v) is 3.81. The second kappa shape index (κ2) is 5.32. The fourth-order valence-corrected chi connectivity index (χ4v) is 1.54. The molecule has 0 spiro atoms. The van der Waals surface area contributed by atoms with E-state index in [4.69, 9.17) is 11.6 Å². The van der Waals surface area contributed by atoms with Crippen LogP contribution in [-0.4, -0.2) is 11.2 Å². The zero-order chi connectivity index (χ0) is 10.6. The van der Waals surface area contributed by atoms with E-state index in [9.17, 15) is 9.50 Å². The first kappa shape index (κ1) is 11.5. The van der Waals surface area contributed by atoms with Crippen molar-refractivity contribution in [2.45, 2.75) is 32.3 Å². The Morgan fingerprint density at radius 1 is 1.43 bits per heavy atom. The number of benzene rings is 1. The summed E-state index contributed by atoms with van der Waals surface area (Å²) in [5, 5.41) is 9.74. The highest BCUT2D eigenvalue weighted by Gasteiger charge is 2.03. The number of hydrogen-bond donors (Lipinski definition) is 1. The van der Waals surface area contributed by atoms with Crippen LogP contribution in [0.4, 0.5) is 4.39 Å². The molecule has 1 unspecified atom stereocenters. The second-order valence-electron chi connectivity index (χ2n) is 3.38. The van der Waals surface area contributed by atoms with Crippen LogP contribution in [0.15, 0.2) is 18.2 Å². The quantitative estimate of drug-likeness (QED) is 0.820. The van der Waals surface area contributed by atoms with Gasteiger partial charge in [0.05, 0.1) is 6.10 Å². The Bertz CT molecular complexity index is 281. The van der Waals surface area contributed by atoms with E-state index in [-0.39, 0.29) is 11.9 Å². The lowest BCUT2D eigenvalue weighted by Gasteiger charge is -2.07. The van der Waals surface area contributed by atoms with Crippen molar-refractivity contribution in [3.63, 3.8) is 0 Å². The Kier molecular flexibility index (Phi) is 4.36. The van der Waals surface area contributed by atoms with Gasteiger partial charge in [-0.3, -0.25) is 0 Å². The summed E-state index contributed by atoms with van der Waals surface area (Å²) in [7, 11) is 0. The van der Waals surface area contributed by atoms with Crippen LogP contribution in [0, 0.1) is 5.82 Å². The molecule has 0 aromatic heterocycles. The molecule has 1 aromatic rings. The lowest BCUT2D eigenvalue weighted by atomic mass is 10.1. The first-order valence-corrected chi connectivity index (χ1v) is 5.12. The molecule has 1 atom stereocenters. The van der Waals surface area contributed by atoms with Gasteiger partial charge in [0.25, 0.3) is 0 Å². The molecule has 14 heavy (non-hydrogen) atoms. The Morgan fingerprint density at radius 3 is 2.71 bits per heavy atom. The van der Waals surface area contributed by atoms with Crippen LogP contribution >= 0.6 is 11.6 Å². The largest absolute Gasteiger partial charge is 0.393 e. The van der Waals surface area contributed by atoms with Gasteiger partial charge in [0, 0.05) is 5.02 Å². The molecule has 0 amide bonds. The van der Waals surface area contributed by atoms with Crippen molar-refractivity contribution in [2.75, 3.05) is 0 Å². The van der Waals surface area contributed by atoms with Crippen molar-refractivity contribution in [3.05, 3.63) is 34.6 Å². The standard InChI is InChI=1S/C11H14ClFO/c1-2-11(14)4-3-8-5-9(12)7-10(13)6-8/h5-7,11,14H,2-4H2,1H3. The fourth-order valence-electron chi connectivity index (χ4n) is 1.29. The third-order valence-corrected chi connectivity index (χ3v) is 2.38. The third kappa shape index (κ3) is 3.64. The Morgan fingerprint density at radius 2 is 2.14 bits per heavy atom. The summed E-state index contributed by atoms with van der Waals surface area (Å²) in [6, 6.07) is 4.46. The van der Waals surface area contributed by atoms with Crippen molar-refractivity contribution in [1.29, 1.82) is 0 Å². The molecule has 0 bridgehead atoms. The van der Waals surface area contributed by atoms with Crippen molar-refractivity contribution >= 4 is 11.6 Å². The number of aryl methyl sites for hydroxylation is 1. The number of rotatable bonds is 4. The Hall–Kier alpha value is -0.600. The molecular weight excluding hydrogens is 203 g/mol. The molecule has 0 aliphatic heterocycles. The van der Waals surface area contributed by atoms with Crippen LogP contribution in [0.1, 0.15) is 25.3 Å². The molecule has 1 N–H and O–H groups in total. The number of hydrogen-bond acceptors (Lipinski definition) is 1. The van der Waals surface area contributed by atoms with Crippen molar-refractivity contribution in [2.24, 2.45) is 0 Å². The van der Waals surface area contributed by atoms with E-state index in [1.807, 2.05) is 6.92 Å². The van der Waals surface area contributed by atoms with Gasteiger partial charge >= 0.3 is 0 Å². The maximum Gasteiger partial charge on any atom is 0.124 e. The highest BCUT2D eigenvalue weighted by atomic mass is 35.5. The van der Waals surface area contributed by atoms with Gasteiger partial charge < -0.3 is 5.11 Å². The van der Waals surface area contributed by atoms with Gasteiger partial charge in [-0.05, 0) is 43.0 Å². The molecule has 1 rings (SSSR count). The molecule has 3 heteroatoms. The molecule has 0 saturated heterocycles. The van der Waals surface area contributed by atoms with Crippen LogP contribution in [0.5, 0.6) is 0 Å². The fraction of sp³-hybridized carbons (Fsp3) is 0.455. The smallest absolute Gasteiger partial charge is 0.124 e. The number of aliphatic hydroxyl groups is 1. The average molecular weight is 217 g/mol. The lowest BCUT2D eigenvalue weighted by Crippen LogP contribution is -2.05. The van der Waals surface area contributed by atoms with E-state index >= 15 is 0 Å². The highest BCUT2D eigenvalue weighted by Crippen LogP contribution is 2.16. The van der Waals surface area contributed by atoms with E-state index in [2.05, 4.69) is 0 Å². The van der Waals surface area contributed by atoms with Crippen molar-refractivity contribution in [3.8, 4) is 0 Å². The molecule has 1 nitrogen and oxygen atoms in total. The molecule has 0 radical (unpaired) electrons. The van der Waals surface area contributed by atoms with Gasteiger partial charge in [-0.1, -0.05) is 18.5 Å². The van der Waals surface area contributed by atoms with Gasteiger partial charge in [0.1, 0.15) is 5.82 Å². The predicted molar refractivity (Wildman–Crippen MR) is 56.0 cm³/mol. The molecule has 1 aromatic carbocycles. The summed E-state index contributed by atoms with van der Waals surface area (Å²) >= 11 is 5.70. The minimum atomic E-state index is -0.321. The topological polar surface area (TPSA) is 20.2 Å². The minimum absolute atomic E-state index is 0.308. The maximum absolute atomic E-state index is 12.9. The molecule has 0 aliphatic rings. The highest BCUT2D eigenvalue weighted by molar-refractivity contribution is 6.30. The molecule has 0 saturated carbocycles. The van der Waals surface area contributed by atoms with Crippen LogP contribution in [0.25, 0.3) is 0 Å². The van der Waals surface area contributed by atoms with Gasteiger partial charge in [-0.2, -0.15) is 0 Å². The van der Waals surface area contributed by atoms with Crippen molar-refractivity contribution in [1.82, 2.24) is 0 Å². The first-order valence-electron chi connectivity index (χ1n) is 4.75. The minimum Gasteiger partial charge on any atom is -0.393 e. The number of halogens is 2. The van der Waals surface area contributed by atoms with E-state index in [1.54, 1.807) is 6.07 Å². The summed E-state index contributed by atoms with van der Waals surface area (Å²) in [5.74, 6) is -0.321. The molecular formula is C11H14ClFO. The van der Waals surface area contributed by atoms with Gasteiger partial charge in [-0.25, -0.2) is 4.39 Å². The van der Waals surface area contributed by atoms with E-state index in [0.29, 0.717) is 17.9 Å². The summed E-state index contributed by atoms with van der Waals surface area (Å²) in [4.78, 5) is 0. The van der Waals surface area contributed by atoms with Crippen LogP contribution in [0.3, 0.4) is 0 Å². The maximum atomic E-state index is 12.9. The molecule has 0 heterocycles. The lowest BCUT2D eigenvalue weighted by molar-refractivity contribution is 0.160. The predicted octanol–water partition coefficient (Wildman–Crippen LogP) is 3.18. The summed E-state index contributed by atoms with van der Waals surface area (Å²) in [5.41, 5.74) is 0.836. The summed E-state index contributed by atoms with van der Waals surface area (Å²) in [6.45, 7) is 1.92. The van der Waals surface area contributed by atoms with E-state index in [0.717, 1.165) is 12.0 Å². The zero-order valence-electron chi connectivity index (χ0n) is 8.13. The van der Waals surface area contributed by atoms with Gasteiger partial charge in [0.15, 0.2) is 0 Å². The van der Waals surface area contributed by atoms with Gasteiger partial charge in [0.2, 0.25) is 0 Å². The normalized spacial score (nSPS) is 12.9. The Labute approximate surface area is 88.5 Å². The molecule has 78 valence electrons. The SMILES string of the molecule is CCC(O)CCc1cc(F)cc(Cl)c1.